The van der Waals surface area contributed by atoms with Gasteiger partial charge >= 0.3 is 0 Å². The summed E-state index contributed by atoms with van der Waals surface area (Å²) in [6.45, 7) is 4.19. The fraction of sp³-hybridized carbons (Fsp3) is 0.346. The third kappa shape index (κ3) is 4.47. The highest BCUT2D eigenvalue weighted by atomic mass is 32.2. The lowest BCUT2D eigenvalue weighted by Gasteiger charge is -2.32. The molecule has 2 aliphatic rings. The van der Waals surface area contributed by atoms with Crippen LogP contribution in [0.1, 0.15) is 35.1 Å². The van der Waals surface area contributed by atoms with E-state index in [-0.39, 0.29) is 6.04 Å². The number of hydrogen-bond acceptors (Lipinski definition) is 8. The van der Waals surface area contributed by atoms with Gasteiger partial charge in [0.25, 0.3) is 0 Å². The van der Waals surface area contributed by atoms with Gasteiger partial charge in [0.1, 0.15) is 12.1 Å². The van der Waals surface area contributed by atoms with Crippen molar-refractivity contribution in [1.82, 2.24) is 14.3 Å². The van der Waals surface area contributed by atoms with E-state index < -0.39 is 10.0 Å². The molecule has 1 saturated heterocycles. The molecule has 5 rings (SSSR count). The van der Waals surface area contributed by atoms with Crippen molar-refractivity contribution >= 4 is 38.7 Å². The molecule has 1 aromatic heterocycles. The SMILES string of the molecule is Cc1cc(/C(N)=C/C=N)cc2c(N3CCc4ccc(S(=O)(=O)N5CCC(N)CC5)cc4C3)ncnc12. The number of piperidine rings is 1. The summed E-state index contributed by atoms with van der Waals surface area (Å²) in [5, 5.41) is 8.22. The van der Waals surface area contributed by atoms with Crippen LogP contribution in [0.4, 0.5) is 5.82 Å². The van der Waals surface area contributed by atoms with Crippen LogP contribution in [0.3, 0.4) is 0 Å². The van der Waals surface area contributed by atoms with Gasteiger partial charge in [-0.1, -0.05) is 6.07 Å². The first-order valence-corrected chi connectivity index (χ1v) is 13.6. The molecule has 0 radical (unpaired) electrons. The van der Waals surface area contributed by atoms with Gasteiger partial charge in [-0.15, -0.1) is 0 Å². The van der Waals surface area contributed by atoms with Gasteiger partial charge in [-0.25, -0.2) is 18.4 Å². The van der Waals surface area contributed by atoms with Crippen LogP contribution in [0.25, 0.3) is 16.6 Å². The number of anilines is 1. The molecule has 0 unspecified atom stereocenters. The minimum Gasteiger partial charge on any atom is -0.398 e. The van der Waals surface area contributed by atoms with Gasteiger partial charge in [0.15, 0.2) is 0 Å². The van der Waals surface area contributed by atoms with Crippen LogP contribution >= 0.6 is 0 Å². The van der Waals surface area contributed by atoms with E-state index in [9.17, 15) is 8.42 Å². The Kier molecular flexibility index (Phi) is 6.50. The predicted octanol–water partition coefficient (Wildman–Crippen LogP) is 2.56. The number of aryl methyl sites for hydroxylation is 1. The first-order valence-electron chi connectivity index (χ1n) is 12.1. The fourth-order valence-corrected chi connectivity index (χ4v) is 6.60. The standard InChI is InChI=1S/C26H31N7O2S/c1-17-12-19(24(29)4-8-27)14-23-25(17)30-16-31-26(23)32-9-5-18-2-3-22(13-20(18)15-32)36(34,35)33-10-6-21(28)7-11-33/h2-4,8,12-14,16,21,27H,5-7,9-11,15,28-29H2,1H3/b24-4-,27-8?. The zero-order valence-corrected chi connectivity index (χ0v) is 21.1. The molecule has 10 heteroatoms. The fourth-order valence-electron chi connectivity index (χ4n) is 5.08. The van der Waals surface area contributed by atoms with Gasteiger partial charge in [-0.3, -0.25) is 0 Å². The van der Waals surface area contributed by atoms with E-state index in [0.29, 0.717) is 43.1 Å². The van der Waals surface area contributed by atoms with Crippen LogP contribution in [0.5, 0.6) is 0 Å². The number of allylic oxidation sites excluding steroid dienone is 1. The lowest BCUT2D eigenvalue weighted by atomic mass is 9.99. The molecule has 3 aromatic rings. The highest BCUT2D eigenvalue weighted by molar-refractivity contribution is 7.89. The maximum atomic E-state index is 13.3. The van der Waals surface area contributed by atoms with E-state index in [1.54, 1.807) is 22.8 Å². The van der Waals surface area contributed by atoms with Crippen molar-refractivity contribution in [2.45, 2.75) is 43.7 Å². The second kappa shape index (κ2) is 9.61. The van der Waals surface area contributed by atoms with E-state index in [2.05, 4.69) is 14.9 Å². The Bertz CT molecular complexity index is 1460. The van der Waals surface area contributed by atoms with E-state index in [4.69, 9.17) is 16.9 Å². The molecule has 9 nitrogen and oxygen atoms in total. The summed E-state index contributed by atoms with van der Waals surface area (Å²) < 4.78 is 28.2. The molecule has 0 spiro atoms. The zero-order chi connectivity index (χ0) is 25.4. The van der Waals surface area contributed by atoms with Gasteiger partial charge in [-0.05, 0) is 78.8 Å². The normalized spacial score (nSPS) is 17.8. The summed E-state index contributed by atoms with van der Waals surface area (Å²) >= 11 is 0. The summed E-state index contributed by atoms with van der Waals surface area (Å²) in [6, 6.07) is 9.48. The van der Waals surface area contributed by atoms with Crippen molar-refractivity contribution in [3.63, 3.8) is 0 Å². The van der Waals surface area contributed by atoms with E-state index in [0.717, 1.165) is 51.9 Å². The number of nitrogens with zero attached hydrogens (tertiary/aromatic N) is 4. The molecular formula is C26H31N7O2S. The molecule has 2 aliphatic heterocycles. The van der Waals surface area contributed by atoms with Crippen molar-refractivity contribution < 1.29 is 8.42 Å². The number of nitrogens with two attached hydrogens (primary N) is 2. The van der Waals surface area contributed by atoms with Crippen molar-refractivity contribution in [3.05, 3.63) is 65.0 Å². The maximum absolute atomic E-state index is 13.3. The Morgan fingerprint density at radius 3 is 2.64 bits per heavy atom. The zero-order valence-electron chi connectivity index (χ0n) is 20.3. The second-order valence-electron chi connectivity index (χ2n) is 9.52. The quantitative estimate of drug-likeness (QED) is 0.452. The van der Waals surface area contributed by atoms with Gasteiger partial charge in [0.2, 0.25) is 10.0 Å². The molecule has 2 aromatic carbocycles. The Balaban J connectivity index is 1.49. The van der Waals surface area contributed by atoms with Crippen molar-refractivity contribution in [2.24, 2.45) is 11.5 Å². The number of hydrogen-bond donors (Lipinski definition) is 3. The molecule has 36 heavy (non-hydrogen) atoms. The van der Waals surface area contributed by atoms with Gasteiger partial charge in [-0.2, -0.15) is 4.31 Å². The number of rotatable bonds is 5. The largest absolute Gasteiger partial charge is 0.398 e. The van der Waals surface area contributed by atoms with Gasteiger partial charge in [0.05, 0.1) is 10.4 Å². The van der Waals surface area contributed by atoms with Gasteiger partial charge < -0.3 is 21.8 Å². The van der Waals surface area contributed by atoms with Crippen LogP contribution in [-0.2, 0) is 23.0 Å². The minimum absolute atomic E-state index is 0.0660. The Hall–Kier alpha value is -3.34. The molecule has 188 valence electrons. The number of aromatic nitrogens is 2. The summed E-state index contributed by atoms with van der Waals surface area (Å²) in [6.07, 6.45) is 6.44. The first-order chi connectivity index (χ1) is 17.3. The summed E-state index contributed by atoms with van der Waals surface area (Å²) in [5.41, 5.74) is 17.4. The molecule has 0 saturated carbocycles. The lowest BCUT2D eigenvalue weighted by Crippen LogP contribution is -2.42. The molecule has 3 heterocycles. The highest BCUT2D eigenvalue weighted by Gasteiger charge is 2.29. The maximum Gasteiger partial charge on any atom is 0.243 e. The van der Waals surface area contributed by atoms with Crippen LogP contribution in [0.2, 0.25) is 0 Å². The average molecular weight is 506 g/mol. The Morgan fingerprint density at radius 2 is 1.89 bits per heavy atom. The van der Waals surface area contributed by atoms with Crippen molar-refractivity contribution in [3.8, 4) is 0 Å². The number of sulfonamides is 1. The third-order valence-electron chi connectivity index (χ3n) is 7.13. The van der Waals surface area contributed by atoms with Crippen molar-refractivity contribution in [2.75, 3.05) is 24.5 Å². The van der Waals surface area contributed by atoms with Crippen LogP contribution < -0.4 is 16.4 Å². The molecule has 0 amide bonds. The predicted molar refractivity (Wildman–Crippen MR) is 142 cm³/mol. The summed E-state index contributed by atoms with van der Waals surface area (Å²) in [4.78, 5) is 11.6. The minimum atomic E-state index is -3.57. The van der Waals surface area contributed by atoms with Crippen molar-refractivity contribution in [1.29, 1.82) is 5.41 Å². The number of nitrogens with one attached hydrogen (secondary N) is 1. The second-order valence-corrected chi connectivity index (χ2v) is 11.5. The average Bonchev–Trinajstić information content (AvgIpc) is 2.88. The van der Waals surface area contributed by atoms with E-state index >= 15 is 0 Å². The Labute approximate surface area is 211 Å². The number of benzene rings is 2. The van der Waals surface area contributed by atoms with E-state index in [1.165, 1.54) is 6.21 Å². The molecule has 0 aliphatic carbocycles. The molecule has 0 atom stereocenters. The topological polar surface area (TPSA) is 142 Å². The highest BCUT2D eigenvalue weighted by Crippen LogP contribution is 2.32. The van der Waals surface area contributed by atoms with Crippen LogP contribution in [0, 0.1) is 12.3 Å². The molecular weight excluding hydrogens is 474 g/mol. The van der Waals surface area contributed by atoms with Crippen LogP contribution in [-0.4, -0.2) is 54.6 Å². The third-order valence-corrected chi connectivity index (χ3v) is 9.02. The Morgan fingerprint density at radius 1 is 1.11 bits per heavy atom. The first kappa shape index (κ1) is 24.4. The van der Waals surface area contributed by atoms with E-state index in [1.807, 2.05) is 31.2 Å². The molecule has 1 fully saturated rings. The molecule has 5 N–H and O–H groups in total. The lowest BCUT2D eigenvalue weighted by molar-refractivity contribution is 0.320. The monoisotopic (exact) mass is 505 g/mol. The molecule has 0 bridgehead atoms. The number of fused-ring (bicyclic) bond motifs is 2. The summed E-state index contributed by atoms with van der Waals surface area (Å²) in [7, 11) is -3.57. The summed E-state index contributed by atoms with van der Waals surface area (Å²) in [5.74, 6) is 0.788. The van der Waals surface area contributed by atoms with Gasteiger partial charge in [0, 0.05) is 49.5 Å². The van der Waals surface area contributed by atoms with Crippen LogP contribution in [0.15, 0.2) is 47.6 Å². The smallest absolute Gasteiger partial charge is 0.243 e.